The molecule has 190 valence electrons. The average Bonchev–Trinajstić information content (AvgIpc) is 3.15. The van der Waals surface area contributed by atoms with Gasteiger partial charge in [-0.05, 0) is 89.8 Å². The van der Waals surface area contributed by atoms with Crippen LogP contribution in [0.1, 0.15) is 11.1 Å². The molecule has 0 atom stereocenters. The molecule has 2 aliphatic heterocycles. The van der Waals surface area contributed by atoms with E-state index >= 15 is 0 Å². The summed E-state index contributed by atoms with van der Waals surface area (Å²) in [7, 11) is 0. The second-order valence-electron chi connectivity index (χ2n) is 8.54. The monoisotopic (exact) mass is 644 g/mol. The number of carbonyl (C=O) groups excluding carboxylic acids is 3. The van der Waals surface area contributed by atoms with Crippen molar-refractivity contribution in [2.45, 2.75) is 6.61 Å². The van der Waals surface area contributed by atoms with Gasteiger partial charge in [-0.15, -0.1) is 0 Å². The molecule has 5 rings (SSSR count). The molecule has 7 nitrogen and oxygen atoms in total. The quantitative estimate of drug-likeness (QED) is 0.314. The van der Waals surface area contributed by atoms with Crippen molar-refractivity contribution in [1.82, 2.24) is 9.80 Å². The number of carbonyl (C=O) groups is 3. The first-order valence-corrected chi connectivity index (χ1v) is 14.0. The lowest BCUT2D eigenvalue weighted by Crippen LogP contribution is -2.46. The predicted octanol–water partition coefficient (Wildman–Crippen LogP) is 5.84. The molecule has 0 radical (unpaired) electrons. The summed E-state index contributed by atoms with van der Waals surface area (Å²) >= 11 is 7.96. The molecular weight excluding hydrogens is 624 g/mol. The van der Waals surface area contributed by atoms with E-state index < -0.39 is 11.1 Å². The fraction of sp³-hybridized carbons (Fsp3) is 0.222. The number of thioether (sulfide) groups is 1. The molecule has 2 fully saturated rings. The third-order valence-corrected chi connectivity index (χ3v) is 8.13. The van der Waals surface area contributed by atoms with E-state index in [4.69, 9.17) is 9.47 Å². The van der Waals surface area contributed by atoms with Crippen molar-refractivity contribution in [2.75, 3.05) is 32.8 Å². The maximum absolute atomic E-state index is 12.9. The van der Waals surface area contributed by atoms with Crippen LogP contribution in [0.3, 0.4) is 0 Å². The van der Waals surface area contributed by atoms with Crippen LogP contribution >= 0.6 is 43.6 Å². The highest BCUT2D eigenvalue weighted by Crippen LogP contribution is 2.38. The molecule has 2 heterocycles. The molecule has 0 unspecified atom stereocenters. The van der Waals surface area contributed by atoms with Gasteiger partial charge in [-0.25, -0.2) is 0 Å². The minimum atomic E-state index is -0.472. The van der Waals surface area contributed by atoms with Gasteiger partial charge in [0.1, 0.15) is 18.9 Å². The molecule has 3 amide bonds. The van der Waals surface area contributed by atoms with E-state index in [1.165, 1.54) is 5.39 Å². The number of hydrogen-bond acceptors (Lipinski definition) is 6. The first kappa shape index (κ1) is 26.0. The van der Waals surface area contributed by atoms with Crippen LogP contribution in [0.4, 0.5) is 4.79 Å². The standard InChI is InChI=1S/C27H22Br2N2O5S/c28-21-12-18(13-22(29)25(21)36-16-17-5-6-19-3-1-2-4-20(19)11-17)14-23-26(33)31(27(34)37-23)15-24(32)30-7-9-35-10-8-30/h1-6,11-14H,7-10,15-16H2/b23-14+. The van der Waals surface area contributed by atoms with Gasteiger partial charge in [-0.1, -0.05) is 36.4 Å². The van der Waals surface area contributed by atoms with Crippen LogP contribution in [-0.4, -0.2) is 59.7 Å². The number of imide groups is 1. The van der Waals surface area contributed by atoms with Crippen LogP contribution in [0.5, 0.6) is 5.75 Å². The average molecular weight is 646 g/mol. The van der Waals surface area contributed by atoms with Crippen molar-refractivity contribution in [3.63, 3.8) is 0 Å². The van der Waals surface area contributed by atoms with E-state index in [1.54, 1.807) is 11.0 Å². The van der Waals surface area contributed by atoms with E-state index in [9.17, 15) is 14.4 Å². The summed E-state index contributed by atoms with van der Waals surface area (Å²) in [5.41, 5.74) is 1.75. The maximum Gasteiger partial charge on any atom is 0.294 e. The van der Waals surface area contributed by atoms with Crippen LogP contribution in [0.2, 0.25) is 0 Å². The number of amides is 3. The molecular formula is C27H22Br2N2O5S. The lowest BCUT2D eigenvalue weighted by Gasteiger charge is -2.28. The zero-order chi connectivity index (χ0) is 25.9. The van der Waals surface area contributed by atoms with Crippen molar-refractivity contribution < 1.29 is 23.9 Å². The summed E-state index contributed by atoms with van der Waals surface area (Å²) < 4.78 is 12.7. The highest BCUT2D eigenvalue weighted by Gasteiger charge is 2.37. The lowest BCUT2D eigenvalue weighted by atomic mass is 10.1. The SMILES string of the molecule is O=C(CN1C(=O)S/C(=C/c2cc(Br)c(OCc3ccc4ccccc4c3)c(Br)c2)C1=O)N1CCOCC1. The fourth-order valence-electron chi connectivity index (χ4n) is 4.12. The number of rotatable bonds is 6. The lowest BCUT2D eigenvalue weighted by molar-refractivity contribution is -0.139. The molecule has 0 N–H and O–H groups in total. The van der Waals surface area contributed by atoms with Gasteiger partial charge in [-0.3, -0.25) is 19.3 Å². The highest BCUT2D eigenvalue weighted by atomic mass is 79.9. The molecule has 0 aliphatic carbocycles. The van der Waals surface area contributed by atoms with Crippen molar-refractivity contribution in [3.8, 4) is 5.75 Å². The van der Waals surface area contributed by atoms with Crippen LogP contribution in [0.15, 0.2) is 68.4 Å². The minimum Gasteiger partial charge on any atom is -0.487 e. The topological polar surface area (TPSA) is 76.2 Å². The molecule has 2 aliphatic rings. The predicted molar refractivity (Wildman–Crippen MR) is 150 cm³/mol. The Bertz CT molecular complexity index is 1400. The van der Waals surface area contributed by atoms with Crippen molar-refractivity contribution in [2.24, 2.45) is 0 Å². The van der Waals surface area contributed by atoms with Gasteiger partial charge in [0, 0.05) is 13.1 Å². The maximum atomic E-state index is 12.9. The van der Waals surface area contributed by atoms with E-state index in [2.05, 4.69) is 56.1 Å². The second-order valence-corrected chi connectivity index (χ2v) is 11.2. The second kappa shape index (κ2) is 11.4. The van der Waals surface area contributed by atoms with Crippen molar-refractivity contribution >= 4 is 77.5 Å². The third kappa shape index (κ3) is 5.93. The smallest absolute Gasteiger partial charge is 0.294 e. The minimum absolute atomic E-state index is 0.259. The summed E-state index contributed by atoms with van der Waals surface area (Å²) in [5, 5.41) is 1.87. The van der Waals surface area contributed by atoms with Crippen LogP contribution in [0.25, 0.3) is 16.8 Å². The Morgan fingerprint density at radius 3 is 2.43 bits per heavy atom. The molecule has 10 heteroatoms. The summed E-state index contributed by atoms with van der Waals surface area (Å²) in [4.78, 5) is 40.8. The van der Waals surface area contributed by atoms with Gasteiger partial charge < -0.3 is 14.4 Å². The number of benzene rings is 3. The van der Waals surface area contributed by atoms with Crippen molar-refractivity contribution in [1.29, 1.82) is 0 Å². The summed E-state index contributed by atoms with van der Waals surface area (Å²) in [6.07, 6.45) is 1.65. The van der Waals surface area contributed by atoms with Gasteiger partial charge in [0.25, 0.3) is 11.1 Å². The Labute approximate surface area is 235 Å². The Morgan fingerprint density at radius 1 is 1.00 bits per heavy atom. The highest BCUT2D eigenvalue weighted by molar-refractivity contribution is 9.11. The normalized spacial score (nSPS) is 17.2. The number of halogens is 2. The molecule has 0 bridgehead atoms. The van der Waals surface area contributed by atoms with Crippen LogP contribution < -0.4 is 4.74 Å². The Balaban J connectivity index is 1.27. The Hall–Kier alpha value is -2.66. The third-order valence-electron chi connectivity index (χ3n) is 6.05. The van der Waals surface area contributed by atoms with Gasteiger partial charge in [0.05, 0.1) is 27.1 Å². The van der Waals surface area contributed by atoms with E-state index in [-0.39, 0.29) is 17.4 Å². The van der Waals surface area contributed by atoms with Crippen LogP contribution in [0, 0.1) is 0 Å². The number of fused-ring (bicyclic) bond motifs is 1. The largest absolute Gasteiger partial charge is 0.487 e. The Morgan fingerprint density at radius 2 is 1.70 bits per heavy atom. The Kier molecular flexibility index (Phi) is 7.99. The number of nitrogens with zero attached hydrogens (tertiary/aromatic N) is 2. The number of ether oxygens (including phenoxy) is 2. The molecule has 2 saturated heterocycles. The van der Waals surface area contributed by atoms with Gasteiger partial charge >= 0.3 is 0 Å². The van der Waals surface area contributed by atoms with E-state index in [0.717, 1.165) is 27.6 Å². The first-order chi connectivity index (χ1) is 17.9. The molecule has 0 spiro atoms. The summed E-state index contributed by atoms with van der Waals surface area (Å²) in [6.45, 7) is 1.96. The fourth-order valence-corrected chi connectivity index (χ4v) is 6.41. The van der Waals surface area contributed by atoms with Gasteiger partial charge in [-0.2, -0.15) is 0 Å². The number of hydrogen-bond donors (Lipinski definition) is 0. The zero-order valence-corrected chi connectivity index (χ0v) is 23.6. The molecule has 3 aromatic carbocycles. The molecule has 0 saturated carbocycles. The van der Waals surface area contributed by atoms with Gasteiger partial charge in [0.2, 0.25) is 5.91 Å². The van der Waals surface area contributed by atoms with E-state index in [1.807, 2.05) is 30.3 Å². The zero-order valence-electron chi connectivity index (χ0n) is 19.6. The summed E-state index contributed by atoms with van der Waals surface area (Å²) in [6, 6.07) is 18.0. The number of morpholine rings is 1. The van der Waals surface area contributed by atoms with Gasteiger partial charge in [0.15, 0.2) is 0 Å². The molecule has 37 heavy (non-hydrogen) atoms. The molecule has 3 aromatic rings. The van der Waals surface area contributed by atoms with E-state index in [0.29, 0.717) is 53.2 Å². The first-order valence-electron chi connectivity index (χ1n) is 11.6. The van der Waals surface area contributed by atoms with Crippen molar-refractivity contribution in [3.05, 3.63) is 79.6 Å². The molecule has 0 aromatic heterocycles. The summed E-state index contributed by atoms with van der Waals surface area (Å²) in [5.74, 6) is -0.0970. The van der Waals surface area contributed by atoms with Crippen LogP contribution in [-0.2, 0) is 20.9 Å².